The van der Waals surface area contributed by atoms with Crippen molar-refractivity contribution in [2.24, 2.45) is 0 Å². The van der Waals surface area contributed by atoms with E-state index in [1.54, 1.807) is 82.6 Å². The third-order valence-corrected chi connectivity index (χ3v) is 19.5. The monoisotopic (exact) mass is 1350 g/mol. The van der Waals surface area contributed by atoms with Crippen molar-refractivity contribution < 1.29 is 44.6 Å². The summed E-state index contributed by atoms with van der Waals surface area (Å²) >= 11 is 0. The van der Waals surface area contributed by atoms with Gasteiger partial charge in [0.05, 0.1) is 22.2 Å². The van der Waals surface area contributed by atoms with Gasteiger partial charge in [0, 0.05) is 22.7 Å². The lowest BCUT2D eigenvalue weighted by Crippen LogP contribution is -2.29. The molecule has 0 fully saturated rings. The van der Waals surface area contributed by atoms with Crippen molar-refractivity contribution in [3.05, 3.63) is 419 Å². The molecule has 102 heavy (non-hydrogen) atoms. The number of para-hydroxylation sites is 2. The average molecular weight is 1350 g/mol. The molecular weight excluding hydrogens is 1290 g/mol. The summed E-state index contributed by atoms with van der Waals surface area (Å²) in [6, 6.07) is 87.5. The van der Waals surface area contributed by atoms with E-state index < -0.39 is 57.4 Å². The molecule has 2 atom stereocenters. The van der Waals surface area contributed by atoms with Gasteiger partial charge >= 0.3 is 0 Å². The van der Waals surface area contributed by atoms with Crippen molar-refractivity contribution in [2.45, 2.75) is 10.8 Å². The molecular formula is C90H56F8N2O2. The summed E-state index contributed by atoms with van der Waals surface area (Å²) in [6.07, 6.45) is 3.46. The minimum Gasteiger partial charge on any atom is -0.457 e. The molecule has 16 rings (SSSR count). The molecule has 0 saturated heterocycles. The summed E-state index contributed by atoms with van der Waals surface area (Å²) in [4.78, 5) is 3.54. The maximum Gasteiger partial charge on any atom is 0.194 e. The minimum absolute atomic E-state index is 0.120. The van der Waals surface area contributed by atoms with E-state index in [9.17, 15) is 0 Å². The van der Waals surface area contributed by atoms with Crippen LogP contribution in [0, 0.1) is 46.5 Å². The summed E-state index contributed by atoms with van der Waals surface area (Å²) < 4.78 is 140. The van der Waals surface area contributed by atoms with Crippen molar-refractivity contribution >= 4 is 46.3 Å². The fourth-order valence-corrected chi connectivity index (χ4v) is 14.8. The molecule has 0 spiro atoms. The highest BCUT2D eigenvalue weighted by molar-refractivity contribution is 5.92. The van der Waals surface area contributed by atoms with E-state index in [-0.39, 0.29) is 22.5 Å². The van der Waals surface area contributed by atoms with Crippen molar-refractivity contribution in [1.82, 2.24) is 0 Å². The topological polar surface area (TPSA) is 24.9 Å². The van der Waals surface area contributed by atoms with Crippen LogP contribution in [0.25, 0.3) is 45.5 Å². The Hall–Kier alpha value is -12.8. The maximum absolute atomic E-state index is 16.7. The highest BCUT2D eigenvalue weighted by Crippen LogP contribution is 2.60. The van der Waals surface area contributed by atoms with Gasteiger partial charge in [0.25, 0.3) is 0 Å². The largest absolute Gasteiger partial charge is 0.457 e. The first-order valence-corrected chi connectivity index (χ1v) is 32.8. The van der Waals surface area contributed by atoms with Gasteiger partial charge < -0.3 is 19.3 Å². The summed E-state index contributed by atoms with van der Waals surface area (Å²) in [5, 5.41) is 0. The number of rotatable bonds is 17. The van der Waals surface area contributed by atoms with Crippen LogP contribution in [0.3, 0.4) is 0 Å². The van der Waals surface area contributed by atoms with Gasteiger partial charge in [-0.15, -0.1) is 0 Å². The zero-order valence-corrected chi connectivity index (χ0v) is 54.2. The molecule has 0 N–H and O–H groups in total. The van der Waals surface area contributed by atoms with Crippen molar-refractivity contribution in [3.8, 4) is 56.4 Å². The first-order valence-electron chi connectivity index (χ1n) is 32.8. The van der Waals surface area contributed by atoms with E-state index in [0.29, 0.717) is 79.1 Å². The summed E-state index contributed by atoms with van der Waals surface area (Å²) in [5.74, 6) is -7.64. The minimum atomic E-state index is -1.61. The lowest BCUT2D eigenvalue weighted by atomic mass is 9.67. The second-order valence-electron chi connectivity index (χ2n) is 25.0. The Morgan fingerprint density at radius 3 is 0.912 bits per heavy atom. The first kappa shape index (κ1) is 63.9. The molecule has 0 saturated carbocycles. The highest BCUT2D eigenvalue weighted by Gasteiger charge is 2.49. The van der Waals surface area contributed by atoms with Crippen LogP contribution in [-0.4, -0.2) is 0 Å². The standard InChI is InChI=1S/C90H56F8N2O2/c1-3-55-21-39-67(40-22-55)101-69-43-29-59(30-44-69)89(61-49-81(93)87(97)82(94)50-61)75-15-7-5-13-71(75)73-47-37-65(53-77(73)89)99(85-19-11-9-17-79(85)91)63-33-25-57(26-34-63)58-27-35-64(36-28-58)100(86-20-12-10-18-80(86)92)66-38-48-74-72-14-6-8-16-76(72)90(78(74)54-66,62-51-83(95)88(98)84(96)52-62)60-31-45-70(46-32-60)102-68-41-23-56(4-2)24-42-68/h3-54H,1-2H2. The summed E-state index contributed by atoms with van der Waals surface area (Å²) in [6.45, 7) is 7.67. The average Bonchev–Trinajstić information content (AvgIpc) is 1.53. The number of hydrogen-bond donors (Lipinski definition) is 0. The van der Waals surface area contributed by atoms with Gasteiger partial charge in [-0.2, -0.15) is 0 Å². The molecule has 0 aliphatic heterocycles. The number of halogens is 8. The number of anilines is 6. The molecule has 2 aliphatic rings. The SMILES string of the molecule is C=Cc1ccc(Oc2ccc(C3(c4cc(F)c(F)c(F)c4)c4ccccc4-c4ccc(N(c5ccc(-c6ccc(N(c7ccc8c(c7)C(c7ccc(Oc9ccc(C=C)cc9)cc7)(c7cc(F)c(F)c(F)c7)c7ccccc7-8)c7ccccc7F)cc6)cc5)c5ccccc5F)cc43)cc2)cc1. The molecule has 2 aliphatic carbocycles. The van der Waals surface area contributed by atoms with Crippen LogP contribution in [0.5, 0.6) is 23.0 Å². The molecule has 14 aromatic rings. The summed E-state index contributed by atoms with van der Waals surface area (Å²) in [5.41, 5.74) is 9.86. The van der Waals surface area contributed by atoms with Gasteiger partial charge in [0.15, 0.2) is 34.9 Å². The van der Waals surface area contributed by atoms with Gasteiger partial charge in [0.2, 0.25) is 0 Å². The van der Waals surface area contributed by atoms with Crippen molar-refractivity contribution in [3.63, 3.8) is 0 Å². The Labute approximate surface area is 583 Å². The molecule has 14 aromatic carbocycles. The molecule has 0 aromatic heterocycles. The lowest BCUT2D eigenvalue weighted by Gasteiger charge is -2.35. The third-order valence-electron chi connectivity index (χ3n) is 19.5. The number of ether oxygens (including phenoxy) is 2. The van der Waals surface area contributed by atoms with E-state index in [1.165, 1.54) is 12.1 Å². The lowest BCUT2D eigenvalue weighted by molar-refractivity contribution is 0.443. The van der Waals surface area contributed by atoms with E-state index >= 15 is 35.1 Å². The van der Waals surface area contributed by atoms with E-state index in [2.05, 4.69) is 13.2 Å². The Bertz CT molecular complexity index is 5220. The Kier molecular flexibility index (Phi) is 16.2. The van der Waals surface area contributed by atoms with Gasteiger partial charge in [0.1, 0.15) is 34.6 Å². The molecule has 0 heterocycles. The number of benzene rings is 14. The molecule has 4 nitrogen and oxygen atoms in total. The Morgan fingerprint density at radius 2 is 0.569 bits per heavy atom. The van der Waals surface area contributed by atoms with Crippen LogP contribution >= 0.6 is 0 Å². The number of nitrogens with zero attached hydrogens (tertiary/aromatic N) is 2. The second-order valence-corrected chi connectivity index (χ2v) is 25.0. The van der Waals surface area contributed by atoms with Crippen molar-refractivity contribution in [1.29, 1.82) is 0 Å². The number of fused-ring (bicyclic) bond motifs is 6. The Morgan fingerprint density at radius 1 is 0.265 bits per heavy atom. The highest BCUT2D eigenvalue weighted by atomic mass is 19.2. The summed E-state index contributed by atoms with van der Waals surface area (Å²) in [7, 11) is 0. The van der Waals surface area contributed by atoms with Crippen LogP contribution in [0.2, 0.25) is 0 Å². The maximum atomic E-state index is 16.7. The molecule has 2 unspecified atom stereocenters. The van der Waals surface area contributed by atoms with E-state index in [1.807, 2.05) is 206 Å². The zero-order valence-electron chi connectivity index (χ0n) is 54.2. The van der Waals surface area contributed by atoms with E-state index in [0.717, 1.165) is 68.8 Å². The van der Waals surface area contributed by atoms with Crippen LogP contribution in [0.15, 0.2) is 316 Å². The second kappa shape index (κ2) is 25.8. The normalized spacial score (nSPS) is 14.6. The predicted octanol–water partition coefficient (Wildman–Crippen LogP) is 25.0. The fourth-order valence-electron chi connectivity index (χ4n) is 14.8. The molecule has 0 amide bonds. The van der Waals surface area contributed by atoms with Crippen LogP contribution < -0.4 is 19.3 Å². The van der Waals surface area contributed by atoms with Gasteiger partial charge in [-0.25, -0.2) is 35.1 Å². The fraction of sp³-hybridized carbons (Fsp3) is 0.0222. The van der Waals surface area contributed by atoms with E-state index in [4.69, 9.17) is 9.47 Å². The molecule has 0 radical (unpaired) electrons. The van der Waals surface area contributed by atoms with Crippen LogP contribution in [0.1, 0.15) is 55.6 Å². The quantitative estimate of drug-likeness (QED) is 0.0670. The predicted molar refractivity (Wildman–Crippen MR) is 389 cm³/mol. The van der Waals surface area contributed by atoms with Crippen LogP contribution in [-0.2, 0) is 10.8 Å². The molecule has 494 valence electrons. The number of hydrogen-bond acceptors (Lipinski definition) is 4. The van der Waals surface area contributed by atoms with Crippen LogP contribution in [0.4, 0.5) is 69.2 Å². The first-order chi connectivity index (χ1) is 49.7. The van der Waals surface area contributed by atoms with Gasteiger partial charge in [-0.3, -0.25) is 0 Å². The molecule has 12 heteroatoms. The Balaban J connectivity index is 0.781. The van der Waals surface area contributed by atoms with Gasteiger partial charge in [-0.1, -0.05) is 183 Å². The zero-order chi connectivity index (χ0) is 70.0. The van der Waals surface area contributed by atoms with Gasteiger partial charge in [-0.05, 0) is 235 Å². The molecule has 0 bridgehead atoms. The third kappa shape index (κ3) is 10.8. The smallest absolute Gasteiger partial charge is 0.194 e. The van der Waals surface area contributed by atoms with Crippen molar-refractivity contribution in [2.75, 3.05) is 9.80 Å².